The second-order valence-corrected chi connectivity index (χ2v) is 3.94. The Morgan fingerprint density at radius 3 is 1.86 bits per heavy atom. The summed E-state index contributed by atoms with van der Waals surface area (Å²) in [6.07, 6.45) is 1.45. The molecule has 0 saturated carbocycles. The number of hydrogen-bond acceptors (Lipinski definition) is 6. The van der Waals surface area contributed by atoms with E-state index in [0.29, 0.717) is 6.08 Å². The highest BCUT2D eigenvalue weighted by Gasteiger charge is 2.14. The van der Waals surface area contributed by atoms with Crippen molar-refractivity contribution < 1.29 is 33.8 Å². The molecular weight excluding hydrogens is 294 g/mol. The summed E-state index contributed by atoms with van der Waals surface area (Å²) < 4.78 is 9.10. The first-order valence-electron chi connectivity index (χ1n) is 5.91. The van der Waals surface area contributed by atoms with Crippen molar-refractivity contribution in [2.75, 3.05) is 19.5 Å². The fourth-order valence-electron chi connectivity index (χ4n) is 1.50. The Labute approximate surface area is 125 Å². The van der Waals surface area contributed by atoms with Crippen LogP contribution in [0.4, 0.5) is 5.69 Å². The number of carboxylic acid groups (broad SMARTS) is 1. The van der Waals surface area contributed by atoms with Gasteiger partial charge in [-0.2, -0.15) is 0 Å². The van der Waals surface area contributed by atoms with Gasteiger partial charge in [0.25, 0.3) is 0 Å². The highest BCUT2D eigenvalue weighted by atomic mass is 16.5. The highest BCUT2D eigenvalue weighted by Crippen LogP contribution is 2.17. The summed E-state index contributed by atoms with van der Waals surface area (Å²) in [5.41, 5.74) is 0.175. The van der Waals surface area contributed by atoms with Crippen LogP contribution in [-0.4, -0.2) is 43.1 Å². The molecule has 2 N–H and O–H groups in total. The molecule has 0 radical (unpaired) electrons. The number of amides is 1. The molecule has 0 spiro atoms. The van der Waals surface area contributed by atoms with Gasteiger partial charge < -0.3 is 19.9 Å². The molecule has 0 aliphatic rings. The summed E-state index contributed by atoms with van der Waals surface area (Å²) in [5, 5.41) is 10.8. The maximum Gasteiger partial charge on any atom is 0.337 e. The van der Waals surface area contributed by atoms with Crippen LogP contribution in [0.5, 0.6) is 0 Å². The first-order chi connectivity index (χ1) is 10.4. The average molecular weight is 307 g/mol. The molecule has 0 fully saturated rings. The number of esters is 2. The lowest BCUT2D eigenvalue weighted by Crippen LogP contribution is -2.12. The van der Waals surface area contributed by atoms with Crippen molar-refractivity contribution in [1.29, 1.82) is 0 Å². The molecule has 0 aromatic heterocycles. The van der Waals surface area contributed by atoms with E-state index >= 15 is 0 Å². The van der Waals surface area contributed by atoms with Crippen LogP contribution in [0.1, 0.15) is 20.7 Å². The number of hydrogen-bond donors (Lipinski definition) is 2. The van der Waals surface area contributed by atoms with Gasteiger partial charge in [0.15, 0.2) is 0 Å². The fraction of sp³-hybridized carbons (Fsp3) is 0.143. The number of carbonyl (C=O) groups is 4. The second-order valence-electron chi connectivity index (χ2n) is 3.94. The Morgan fingerprint density at radius 2 is 1.45 bits per heavy atom. The Bertz CT molecular complexity index is 614. The molecule has 116 valence electrons. The summed E-state index contributed by atoms with van der Waals surface area (Å²) in [5.74, 6) is -3.43. The lowest BCUT2D eigenvalue weighted by Gasteiger charge is -2.08. The van der Waals surface area contributed by atoms with Crippen LogP contribution in [0, 0.1) is 0 Å². The molecular formula is C14H13NO7. The SMILES string of the molecule is COC(=O)c1cc(NC(=O)C=CC(=O)O)cc(C(=O)OC)c1. The molecule has 1 aromatic carbocycles. The molecule has 0 saturated heterocycles. The molecule has 1 rings (SSSR count). The third-order valence-corrected chi connectivity index (χ3v) is 2.42. The maximum absolute atomic E-state index is 11.6. The predicted octanol–water partition coefficient (Wildman–Crippen LogP) is 0.839. The van der Waals surface area contributed by atoms with E-state index in [9.17, 15) is 19.2 Å². The minimum Gasteiger partial charge on any atom is -0.478 e. The standard InChI is InChI=1S/C14H13NO7/c1-21-13(19)8-5-9(14(20)22-2)7-10(6-8)15-11(16)3-4-12(17)18/h3-7H,1-2H3,(H,15,16)(H,17,18). The number of ether oxygens (including phenoxy) is 2. The molecule has 0 atom stereocenters. The Kier molecular flexibility index (Phi) is 5.82. The highest BCUT2D eigenvalue weighted by molar-refractivity contribution is 6.04. The molecule has 1 aromatic rings. The van der Waals surface area contributed by atoms with Crippen molar-refractivity contribution in [3.05, 3.63) is 41.5 Å². The minimum atomic E-state index is -1.28. The molecule has 0 aliphatic carbocycles. The number of carboxylic acids is 1. The van der Waals surface area contributed by atoms with E-state index < -0.39 is 23.8 Å². The van der Waals surface area contributed by atoms with Gasteiger partial charge in [0.05, 0.1) is 25.3 Å². The molecule has 8 heteroatoms. The summed E-state index contributed by atoms with van der Waals surface area (Å²) >= 11 is 0. The van der Waals surface area contributed by atoms with E-state index in [1.54, 1.807) is 0 Å². The van der Waals surface area contributed by atoms with Crippen molar-refractivity contribution in [3.63, 3.8) is 0 Å². The topological polar surface area (TPSA) is 119 Å². The summed E-state index contributed by atoms with van der Waals surface area (Å²) in [6, 6.07) is 3.82. The van der Waals surface area contributed by atoms with Gasteiger partial charge in [-0.05, 0) is 18.2 Å². The normalized spacial score (nSPS) is 10.1. The molecule has 0 unspecified atom stereocenters. The lowest BCUT2D eigenvalue weighted by molar-refractivity contribution is -0.131. The summed E-state index contributed by atoms with van der Waals surface area (Å²) in [6.45, 7) is 0. The smallest absolute Gasteiger partial charge is 0.337 e. The average Bonchev–Trinajstić information content (AvgIpc) is 2.50. The van der Waals surface area contributed by atoms with Gasteiger partial charge >= 0.3 is 17.9 Å². The van der Waals surface area contributed by atoms with Crippen LogP contribution in [0.25, 0.3) is 0 Å². The molecule has 0 heterocycles. The second kappa shape index (κ2) is 7.58. The monoisotopic (exact) mass is 307 g/mol. The van der Waals surface area contributed by atoms with E-state index in [2.05, 4.69) is 14.8 Å². The number of carbonyl (C=O) groups excluding carboxylic acids is 3. The van der Waals surface area contributed by atoms with Gasteiger partial charge in [-0.25, -0.2) is 14.4 Å². The Hall–Kier alpha value is -3.16. The van der Waals surface area contributed by atoms with Crippen LogP contribution in [0.2, 0.25) is 0 Å². The number of methoxy groups -OCH3 is 2. The van der Waals surface area contributed by atoms with Gasteiger partial charge in [-0.3, -0.25) is 4.79 Å². The molecule has 0 aliphatic heterocycles. The van der Waals surface area contributed by atoms with Gasteiger partial charge in [0.2, 0.25) is 5.91 Å². The van der Waals surface area contributed by atoms with Crippen molar-refractivity contribution >= 4 is 29.5 Å². The number of anilines is 1. The zero-order valence-electron chi connectivity index (χ0n) is 11.8. The lowest BCUT2D eigenvalue weighted by atomic mass is 10.1. The zero-order chi connectivity index (χ0) is 16.7. The van der Waals surface area contributed by atoms with Crippen molar-refractivity contribution in [2.45, 2.75) is 0 Å². The van der Waals surface area contributed by atoms with E-state index in [-0.39, 0.29) is 16.8 Å². The first-order valence-corrected chi connectivity index (χ1v) is 5.91. The third kappa shape index (κ3) is 4.75. The number of rotatable bonds is 5. The summed E-state index contributed by atoms with van der Waals surface area (Å²) in [4.78, 5) is 45.0. The summed E-state index contributed by atoms with van der Waals surface area (Å²) in [7, 11) is 2.34. The van der Waals surface area contributed by atoms with Gasteiger partial charge in [0.1, 0.15) is 0 Å². The van der Waals surface area contributed by atoms with Gasteiger partial charge in [-0.1, -0.05) is 0 Å². The van der Waals surface area contributed by atoms with Crippen LogP contribution in [-0.2, 0) is 19.1 Å². The van der Waals surface area contributed by atoms with E-state index in [0.717, 1.165) is 6.08 Å². The number of aliphatic carboxylic acids is 1. The van der Waals surface area contributed by atoms with E-state index in [1.165, 1.54) is 32.4 Å². The van der Waals surface area contributed by atoms with Crippen molar-refractivity contribution in [2.24, 2.45) is 0 Å². The van der Waals surface area contributed by atoms with Crippen LogP contribution in [0.3, 0.4) is 0 Å². The zero-order valence-corrected chi connectivity index (χ0v) is 11.8. The van der Waals surface area contributed by atoms with Crippen molar-refractivity contribution in [1.82, 2.24) is 0 Å². The van der Waals surface area contributed by atoms with Crippen LogP contribution in [0.15, 0.2) is 30.4 Å². The minimum absolute atomic E-state index is 0.0305. The number of nitrogens with one attached hydrogen (secondary N) is 1. The van der Waals surface area contributed by atoms with E-state index in [4.69, 9.17) is 5.11 Å². The molecule has 0 bridgehead atoms. The Morgan fingerprint density at radius 1 is 0.955 bits per heavy atom. The largest absolute Gasteiger partial charge is 0.478 e. The van der Waals surface area contributed by atoms with Gasteiger partial charge in [-0.15, -0.1) is 0 Å². The molecule has 8 nitrogen and oxygen atoms in total. The maximum atomic E-state index is 11.6. The third-order valence-electron chi connectivity index (χ3n) is 2.42. The quantitative estimate of drug-likeness (QED) is 0.611. The van der Waals surface area contributed by atoms with Crippen LogP contribution >= 0.6 is 0 Å². The Balaban J connectivity index is 3.12. The number of benzene rings is 1. The predicted molar refractivity (Wildman–Crippen MR) is 74.5 cm³/mol. The first kappa shape index (κ1) is 16.9. The van der Waals surface area contributed by atoms with Gasteiger partial charge in [0, 0.05) is 17.8 Å². The van der Waals surface area contributed by atoms with Crippen LogP contribution < -0.4 is 5.32 Å². The molecule has 1 amide bonds. The fourth-order valence-corrected chi connectivity index (χ4v) is 1.50. The van der Waals surface area contributed by atoms with Crippen molar-refractivity contribution in [3.8, 4) is 0 Å². The molecule has 22 heavy (non-hydrogen) atoms. The van der Waals surface area contributed by atoms with E-state index in [1.807, 2.05) is 0 Å².